The predicted molar refractivity (Wildman–Crippen MR) is 92.5 cm³/mol. The molecule has 1 atom stereocenters. The van der Waals surface area contributed by atoms with Gasteiger partial charge in [-0.2, -0.15) is 5.26 Å². The Morgan fingerprint density at radius 3 is 2.36 bits per heavy atom. The number of nitriles is 1. The minimum absolute atomic E-state index is 0.0686. The number of esters is 1. The number of hydrogen-bond donors (Lipinski definition) is 2. The smallest absolute Gasteiger partial charge is 0.312 e. The van der Waals surface area contributed by atoms with Crippen molar-refractivity contribution in [3.8, 4) is 6.07 Å². The summed E-state index contributed by atoms with van der Waals surface area (Å²) in [5.41, 5.74) is 7.16. The molecule has 2 amide bonds. The molecule has 7 heteroatoms. The molecule has 0 aliphatic rings. The molecule has 0 radical (unpaired) electrons. The van der Waals surface area contributed by atoms with E-state index < -0.39 is 18.0 Å². The van der Waals surface area contributed by atoms with Gasteiger partial charge in [-0.1, -0.05) is 35.9 Å². The van der Waals surface area contributed by atoms with Crippen molar-refractivity contribution >= 4 is 23.6 Å². The third-order valence-electron chi connectivity index (χ3n) is 3.44. The minimum Gasteiger partial charge on any atom is -0.461 e. The van der Waals surface area contributed by atoms with Crippen molar-refractivity contribution in [3.63, 3.8) is 0 Å². The lowest BCUT2D eigenvalue weighted by atomic mass is 10.0. The van der Waals surface area contributed by atoms with Crippen molar-refractivity contribution in [2.45, 2.75) is 19.1 Å². The normalized spacial score (nSPS) is 11.2. The number of carbonyl (C=O) groups excluding carboxylic acids is 2. The number of hydrogen-bond acceptors (Lipinski definition) is 4. The van der Waals surface area contributed by atoms with E-state index in [4.69, 9.17) is 27.3 Å². The maximum absolute atomic E-state index is 12.1. The van der Waals surface area contributed by atoms with Crippen LogP contribution < -0.4 is 11.1 Å². The molecule has 2 rings (SSSR count). The summed E-state index contributed by atoms with van der Waals surface area (Å²) in [5, 5.41) is 11.8. The number of nitrogens with zero attached hydrogens (tertiary/aromatic N) is 1. The van der Waals surface area contributed by atoms with E-state index in [1.54, 1.807) is 48.5 Å². The number of ether oxygens (including phenoxy) is 1. The Labute approximate surface area is 150 Å². The van der Waals surface area contributed by atoms with E-state index >= 15 is 0 Å². The zero-order valence-electron chi connectivity index (χ0n) is 13.2. The molecule has 25 heavy (non-hydrogen) atoms. The predicted octanol–water partition coefficient (Wildman–Crippen LogP) is 3.05. The van der Waals surface area contributed by atoms with E-state index in [0.29, 0.717) is 16.1 Å². The fraction of sp³-hybridized carbons (Fsp3) is 0.167. The van der Waals surface area contributed by atoms with E-state index in [-0.39, 0.29) is 13.0 Å². The zero-order chi connectivity index (χ0) is 18.2. The highest BCUT2D eigenvalue weighted by atomic mass is 35.5. The molecular formula is C18H16ClN3O3. The molecule has 0 saturated carbocycles. The number of nitrogens with two attached hydrogens (primary N) is 1. The van der Waals surface area contributed by atoms with Crippen LogP contribution in [0.3, 0.4) is 0 Å². The summed E-state index contributed by atoms with van der Waals surface area (Å²) in [7, 11) is 0. The van der Waals surface area contributed by atoms with E-state index in [1.807, 2.05) is 6.07 Å². The van der Waals surface area contributed by atoms with Crippen molar-refractivity contribution in [2.75, 3.05) is 0 Å². The Balaban J connectivity index is 1.97. The van der Waals surface area contributed by atoms with Crippen LogP contribution in [-0.2, 0) is 16.1 Å². The van der Waals surface area contributed by atoms with Crippen LogP contribution in [0.25, 0.3) is 0 Å². The van der Waals surface area contributed by atoms with Crippen molar-refractivity contribution in [3.05, 3.63) is 70.2 Å². The number of halogens is 1. The van der Waals surface area contributed by atoms with Crippen LogP contribution >= 0.6 is 11.6 Å². The van der Waals surface area contributed by atoms with Gasteiger partial charge in [-0.25, -0.2) is 4.79 Å². The average molecular weight is 358 g/mol. The molecule has 0 fully saturated rings. The number of nitrogens with one attached hydrogen (secondary N) is 1. The Kier molecular flexibility index (Phi) is 6.38. The van der Waals surface area contributed by atoms with Crippen molar-refractivity contribution in [1.29, 1.82) is 5.26 Å². The number of benzene rings is 2. The number of amides is 2. The molecule has 2 aromatic carbocycles. The molecule has 6 nitrogen and oxygen atoms in total. The number of rotatable bonds is 6. The van der Waals surface area contributed by atoms with Gasteiger partial charge in [0.05, 0.1) is 24.1 Å². The van der Waals surface area contributed by atoms with Crippen LogP contribution in [-0.4, -0.2) is 12.0 Å². The molecule has 0 saturated heterocycles. The first-order valence-corrected chi connectivity index (χ1v) is 7.82. The molecule has 0 bridgehead atoms. The largest absolute Gasteiger partial charge is 0.461 e. The van der Waals surface area contributed by atoms with Crippen LogP contribution in [0.5, 0.6) is 0 Å². The second-order valence-corrected chi connectivity index (χ2v) is 5.72. The lowest BCUT2D eigenvalue weighted by molar-refractivity contribution is -0.145. The highest BCUT2D eigenvalue weighted by molar-refractivity contribution is 6.30. The summed E-state index contributed by atoms with van der Waals surface area (Å²) in [5.74, 6) is -0.488. The Morgan fingerprint density at radius 2 is 1.80 bits per heavy atom. The first-order chi connectivity index (χ1) is 12.0. The monoisotopic (exact) mass is 357 g/mol. The van der Waals surface area contributed by atoms with Gasteiger partial charge < -0.3 is 15.8 Å². The second kappa shape index (κ2) is 8.71. The van der Waals surface area contributed by atoms with Crippen molar-refractivity contribution < 1.29 is 14.3 Å². The molecule has 3 N–H and O–H groups in total. The third kappa shape index (κ3) is 5.83. The van der Waals surface area contributed by atoms with Gasteiger partial charge in [-0.05, 0) is 35.4 Å². The van der Waals surface area contributed by atoms with Gasteiger partial charge in [-0.3, -0.25) is 4.79 Å². The summed E-state index contributed by atoms with van der Waals surface area (Å²) in [6, 6.07) is 14.1. The van der Waals surface area contributed by atoms with Gasteiger partial charge in [-0.15, -0.1) is 0 Å². The van der Waals surface area contributed by atoms with Crippen LogP contribution in [0.4, 0.5) is 4.79 Å². The Bertz CT molecular complexity index is 783. The molecule has 2 aromatic rings. The Morgan fingerprint density at radius 1 is 1.16 bits per heavy atom. The standard InChI is InChI=1S/C18H16ClN3O3/c19-15-7-5-14(6-8-15)16(22-18(21)24)9-17(23)25-11-13-3-1-12(10-20)2-4-13/h1-8,16H,9,11H2,(H3,21,22,24)/t16-/m0/s1. The fourth-order valence-corrected chi connectivity index (χ4v) is 2.31. The summed E-state index contributed by atoms with van der Waals surface area (Å²) in [4.78, 5) is 23.3. The van der Waals surface area contributed by atoms with Gasteiger partial charge in [0.15, 0.2) is 0 Å². The summed E-state index contributed by atoms with van der Waals surface area (Å²) >= 11 is 5.84. The van der Waals surface area contributed by atoms with Gasteiger partial charge >= 0.3 is 12.0 Å². The number of urea groups is 1. The Hall–Kier alpha value is -3.04. The molecular weight excluding hydrogens is 342 g/mol. The summed E-state index contributed by atoms with van der Waals surface area (Å²) < 4.78 is 5.22. The molecule has 0 aromatic heterocycles. The number of primary amides is 1. The van der Waals surface area contributed by atoms with Crippen LogP contribution in [0.2, 0.25) is 5.02 Å². The molecule has 0 aliphatic carbocycles. The van der Waals surface area contributed by atoms with Crippen LogP contribution in [0, 0.1) is 11.3 Å². The van der Waals surface area contributed by atoms with Gasteiger partial charge in [0.25, 0.3) is 0 Å². The highest BCUT2D eigenvalue weighted by Gasteiger charge is 2.18. The first-order valence-electron chi connectivity index (χ1n) is 7.44. The highest BCUT2D eigenvalue weighted by Crippen LogP contribution is 2.20. The lowest BCUT2D eigenvalue weighted by Crippen LogP contribution is -2.34. The molecule has 0 unspecified atom stereocenters. The second-order valence-electron chi connectivity index (χ2n) is 5.29. The van der Waals surface area contributed by atoms with Gasteiger partial charge in [0.1, 0.15) is 6.61 Å². The zero-order valence-corrected chi connectivity index (χ0v) is 14.0. The van der Waals surface area contributed by atoms with E-state index in [9.17, 15) is 9.59 Å². The molecule has 0 aliphatic heterocycles. The van der Waals surface area contributed by atoms with E-state index in [1.165, 1.54) is 0 Å². The van der Waals surface area contributed by atoms with Crippen LogP contribution in [0.1, 0.15) is 29.2 Å². The van der Waals surface area contributed by atoms with Crippen LogP contribution in [0.15, 0.2) is 48.5 Å². The van der Waals surface area contributed by atoms with Gasteiger partial charge in [0.2, 0.25) is 0 Å². The van der Waals surface area contributed by atoms with Gasteiger partial charge in [0, 0.05) is 5.02 Å². The SMILES string of the molecule is N#Cc1ccc(COC(=O)C[C@H](NC(N)=O)c2ccc(Cl)cc2)cc1. The molecule has 0 heterocycles. The minimum atomic E-state index is -0.736. The first kappa shape index (κ1) is 18.3. The molecule has 128 valence electrons. The summed E-state index contributed by atoms with van der Waals surface area (Å²) in [6.45, 7) is 0.0778. The quantitative estimate of drug-likeness (QED) is 0.775. The van der Waals surface area contributed by atoms with Crippen molar-refractivity contribution in [2.24, 2.45) is 5.73 Å². The fourth-order valence-electron chi connectivity index (χ4n) is 2.18. The van der Waals surface area contributed by atoms with E-state index in [0.717, 1.165) is 5.56 Å². The third-order valence-corrected chi connectivity index (χ3v) is 3.69. The lowest BCUT2D eigenvalue weighted by Gasteiger charge is -2.17. The average Bonchev–Trinajstić information content (AvgIpc) is 2.60. The van der Waals surface area contributed by atoms with E-state index in [2.05, 4.69) is 5.32 Å². The summed E-state index contributed by atoms with van der Waals surface area (Å²) in [6.07, 6.45) is -0.0686. The number of carbonyl (C=O) groups is 2. The maximum atomic E-state index is 12.1. The maximum Gasteiger partial charge on any atom is 0.312 e. The van der Waals surface area contributed by atoms with Crippen molar-refractivity contribution in [1.82, 2.24) is 5.32 Å². The topological polar surface area (TPSA) is 105 Å². The molecule has 0 spiro atoms.